The Morgan fingerprint density at radius 2 is 1.93 bits per heavy atom. The first-order chi connectivity index (χ1) is 14.0. The van der Waals surface area contributed by atoms with Crippen LogP contribution in [0.15, 0.2) is 29.3 Å². The van der Waals surface area contributed by atoms with E-state index in [4.69, 9.17) is 11.6 Å². The standard InChI is InChI=1S/C19H20ClF3N6O/c1-5-13(16-10(2)27-28(4)11(16)3)26-14-9-25-29(18(30)17(14)20)15-7-6-12(8-24-15)19(21,22)23/h6-9,13,26H,5H2,1-4H3. The molecule has 0 fully saturated rings. The molecule has 0 radical (unpaired) electrons. The number of nitrogens with one attached hydrogen (secondary N) is 1. The maximum atomic E-state index is 12.7. The van der Waals surface area contributed by atoms with Gasteiger partial charge in [0.05, 0.1) is 29.2 Å². The molecular weight excluding hydrogens is 421 g/mol. The van der Waals surface area contributed by atoms with E-state index in [9.17, 15) is 18.0 Å². The number of halogens is 4. The highest BCUT2D eigenvalue weighted by atomic mass is 35.5. The van der Waals surface area contributed by atoms with Crippen LogP contribution in [0.5, 0.6) is 0 Å². The average Bonchev–Trinajstić information content (AvgIpc) is 2.94. The first-order valence-corrected chi connectivity index (χ1v) is 9.50. The summed E-state index contributed by atoms with van der Waals surface area (Å²) < 4.78 is 40.8. The van der Waals surface area contributed by atoms with Crippen molar-refractivity contribution in [1.29, 1.82) is 0 Å². The van der Waals surface area contributed by atoms with Gasteiger partial charge in [0.25, 0.3) is 5.56 Å². The number of hydrogen-bond acceptors (Lipinski definition) is 5. The highest BCUT2D eigenvalue weighted by molar-refractivity contribution is 6.33. The fraction of sp³-hybridized carbons (Fsp3) is 0.368. The molecule has 160 valence electrons. The Kier molecular flexibility index (Phi) is 5.89. The second-order valence-electron chi connectivity index (χ2n) is 6.81. The Hall–Kier alpha value is -2.88. The minimum absolute atomic E-state index is 0.0626. The van der Waals surface area contributed by atoms with Crippen LogP contribution in [-0.2, 0) is 13.2 Å². The lowest BCUT2D eigenvalue weighted by Gasteiger charge is -2.20. The SMILES string of the molecule is CCC(Nc1cnn(-c2ccc(C(F)(F)F)cn2)c(=O)c1Cl)c1c(C)nn(C)c1C. The van der Waals surface area contributed by atoms with Gasteiger partial charge in [-0.1, -0.05) is 18.5 Å². The van der Waals surface area contributed by atoms with E-state index in [1.54, 1.807) is 4.68 Å². The Labute approximate surface area is 175 Å². The van der Waals surface area contributed by atoms with Crippen LogP contribution >= 0.6 is 11.6 Å². The van der Waals surface area contributed by atoms with Crippen molar-refractivity contribution < 1.29 is 13.2 Å². The fourth-order valence-corrected chi connectivity index (χ4v) is 3.42. The van der Waals surface area contributed by atoms with Crippen molar-refractivity contribution in [2.24, 2.45) is 7.05 Å². The van der Waals surface area contributed by atoms with Crippen molar-refractivity contribution in [3.8, 4) is 5.82 Å². The largest absolute Gasteiger partial charge is 0.417 e. The third-order valence-electron chi connectivity index (χ3n) is 4.86. The molecule has 0 aliphatic carbocycles. The Bertz CT molecular complexity index is 1120. The summed E-state index contributed by atoms with van der Waals surface area (Å²) in [6.07, 6.45) is -1.82. The van der Waals surface area contributed by atoms with E-state index in [1.165, 1.54) is 6.20 Å². The molecule has 1 unspecified atom stereocenters. The molecule has 3 heterocycles. The zero-order valence-electron chi connectivity index (χ0n) is 16.8. The summed E-state index contributed by atoms with van der Waals surface area (Å²) in [5.41, 5.74) is 1.56. The van der Waals surface area contributed by atoms with Gasteiger partial charge in [-0.25, -0.2) is 4.98 Å². The van der Waals surface area contributed by atoms with E-state index in [2.05, 4.69) is 20.5 Å². The summed E-state index contributed by atoms with van der Waals surface area (Å²) >= 11 is 6.26. The quantitative estimate of drug-likeness (QED) is 0.643. The summed E-state index contributed by atoms with van der Waals surface area (Å²) in [6.45, 7) is 5.84. The molecule has 3 aromatic heterocycles. The van der Waals surface area contributed by atoms with Crippen LogP contribution in [0.4, 0.5) is 18.9 Å². The molecular formula is C19H20ClF3N6O. The van der Waals surface area contributed by atoms with Gasteiger partial charge in [-0.15, -0.1) is 0 Å². The van der Waals surface area contributed by atoms with Crippen molar-refractivity contribution in [2.45, 2.75) is 39.4 Å². The fourth-order valence-electron chi connectivity index (χ4n) is 3.24. The topological polar surface area (TPSA) is 77.6 Å². The monoisotopic (exact) mass is 440 g/mol. The lowest BCUT2D eigenvalue weighted by Crippen LogP contribution is -2.24. The van der Waals surface area contributed by atoms with E-state index in [0.717, 1.165) is 33.8 Å². The molecule has 0 aliphatic heterocycles. The third-order valence-corrected chi connectivity index (χ3v) is 5.23. The van der Waals surface area contributed by atoms with Gasteiger partial charge in [-0.3, -0.25) is 9.48 Å². The van der Waals surface area contributed by atoms with Crippen LogP contribution < -0.4 is 10.9 Å². The van der Waals surface area contributed by atoms with Gasteiger partial charge in [0.15, 0.2) is 5.82 Å². The summed E-state index contributed by atoms with van der Waals surface area (Å²) in [7, 11) is 1.85. The molecule has 1 N–H and O–H groups in total. The highest BCUT2D eigenvalue weighted by Crippen LogP contribution is 2.30. The average molecular weight is 441 g/mol. The van der Waals surface area contributed by atoms with Crippen LogP contribution in [0.1, 0.15) is 41.9 Å². The zero-order valence-corrected chi connectivity index (χ0v) is 17.5. The van der Waals surface area contributed by atoms with E-state index in [1.807, 2.05) is 27.8 Å². The molecule has 11 heteroatoms. The number of anilines is 1. The number of aromatic nitrogens is 5. The maximum Gasteiger partial charge on any atom is 0.417 e. The van der Waals surface area contributed by atoms with Crippen molar-refractivity contribution in [1.82, 2.24) is 24.5 Å². The van der Waals surface area contributed by atoms with Crippen molar-refractivity contribution in [2.75, 3.05) is 5.32 Å². The second kappa shape index (κ2) is 8.10. The van der Waals surface area contributed by atoms with Crippen molar-refractivity contribution >= 4 is 17.3 Å². The molecule has 0 aromatic carbocycles. The normalized spacial score (nSPS) is 12.8. The molecule has 0 bridgehead atoms. The van der Waals surface area contributed by atoms with Crippen LogP contribution in [-0.4, -0.2) is 24.5 Å². The molecule has 0 spiro atoms. The highest BCUT2D eigenvalue weighted by Gasteiger charge is 2.31. The number of nitrogens with zero attached hydrogens (tertiary/aromatic N) is 5. The Morgan fingerprint density at radius 3 is 2.43 bits per heavy atom. The molecule has 3 aromatic rings. The van der Waals surface area contributed by atoms with Crippen molar-refractivity contribution in [3.63, 3.8) is 0 Å². The maximum absolute atomic E-state index is 12.7. The van der Waals surface area contributed by atoms with E-state index < -0.39 is 17.3 Å². The van der Waals surface area contributed by atoms with Crippen LogP contribution in [0.25, 0.3) is 5.82 Å². The Balaban J connectivity index is 1.94. The van der Waals surface area contributed by atoms with Gasteiger partial charge >= 0.3 is 6.18 Å². The summed E-state index contributed by atoms with van der Waals surface area (Å²) in [5.74, 6) is -0.0626. The van der Waals surface area contributed by atoms with Gasteiger partial charge < -0.3 is 5.32 Å². The minimum Gasteiger partial charge on any atom is -0.375 e. The lowest BCUT2D eigenvalue weighted by molar-refractivity contribution is -0.137. The van der Waals surface area contributed by atoms with Gasteiger partial charge in [-0.05, 0) is 32.4 Å². The molecule has 30 heavy (non-hydrogen) atoms. The molecule has 3 rings (SSSR count). The smallest absolute Gasteiger partial charge is 0.375 e. The van der Waals surface area contributed by atoms with Gasteiger partial charge in [-0.2, -0.15) is 28.1 Å². The molecule has 1 atom stereocenters. The number of aryl methyl sites for hydroxylation is 2. The molecule has 7 nitrogen and oxygen atoms in total. The van der Waals surface area contributed by atoms with Crippen LogP contribution in [0.3, 0.4) is 0 Å². The predicted molar refractivity (Wildman–Crippen MR) is 107 cm³/mol. The summed E-state index contributed by atoms with van der Waals surface area (Å²) in [5, 5.41) is 11.5. The van der Waals surface area contributed by atoms with E-state index in [0.29, 0.717) is 18.3 Å². The van der Waals surface area contributed by atoms with Gasteiger partial charge in [0.2, 0.25) is 0 Å². The van der Waals surface area contributed by atoms with Gasteiger partial charge in [0, 0.05) is 24.5 Å². The number of pyridine rings is 1. The number of hydrogen-bond donors (Lipinski definition) is 1. The van der Waals surface area contributed by atoms with Crippen LogP contribution in [0, 0.1) is 13.8 Å². The van der Waals surface area contributed by atoms with E-state index in [-0.39, 0.29) is 16.9 Å². The summed E-state index contributed by atoms with van der Waals surface area (Å²) in [4.78, 5) is 16.4. The van der Waals surface area contributed by atoms with Crippen LogP contribution in [0.2, 0.25) is 5.02 Å². The number of rotatable bonds is 5. The lowest BCUT2D eigenvalue weighted by atomic mass is 10.0. The first kappa shape index (κ1) is 21.8. The first-order valence-electron chi connectivity index (χ1n) is 9.12. The molecule has 0 saturated carbocycles. The zero-order chi connectivity index (χ0) is 22.2. The van der Waals surface area contributed by atoms with Gasteiger partial charge in [0.1, 0.15) is 5.02 Å². The number of alkyl halides is 3. The second-order valence-corrected chi connectivity index (χ2v) is 7.18. The Morgan fingerprint density at radius 1 is 1.23 bits per heavy atom. The van der Waals surface area contributed by atoms with E-state index >= 15 is 0 Å². The molecule has 0 amide bonds. The third kappa shape index (κ3) is 4.04. The summed E-state index contributed by atoms with van der Waals surface area (Å²) in [6, 6.07) is 1.74. The predicted octanol–water partition coefficient (Wildman–Crippen LogP) is 4.21. The molecule has 0 saturated heterocycles. The molecule has 0 aliphatic rings. The van der Waals surface area contributed by atoms with Crippen molar-refractivity contribution in [3.05, 3.63) is 62.4 Å². The minimum atomic E-state index is -4.52.